The minimum atomic E-state index is 0.262. The molecule has 1 unspecified atom stereocenters. The molecule has 0 bridgehead atoms. The topological polar surface area (TPSA) is 41.5 Å². The van der Waals surface area contributed by atoms with E-state index in [0.717, 1.165) is 19.7 Å². The molecule has 3 nitrogen and oxygen atoms in total. The third-order valence-corrected chi connectivity index (χ3v) is 2.07. The Bertz CT molecular complexity index is 96.5. The third kappa shape index (κ3) is 5.52. The Morgan fingerprint density at radius 3 is 2.50 bits per heavy atom. The van der Waals surface area contributed by atoms with Crippen LogP contribution in [-0.2, 0) is 4.74 Å². The number of aliphatic hydroxyl groups excluding tert-OH is 1. The van der Waals surface area contributed by atoms with Crippen molar-refractivity contribution in [3.63, 3.8) is 0 Å². The molecule has 3 heteroatoms. The molecule has 0 rings (SSSR count). The van der Waals surface area contributed by atoms with E-state index in [-0.39, 0.29) is 6.61 Å². The average Bonchev–Trinajstić information content (AvgIpc) is 2.04. The van der Waals surface area contributed by atoms with E-state index in [0.29, 0.717) is 11.8 Å². The molecular weight excluding hydrogens is 154 g/mol. The molecule has 0 aliphatic heterocycles. The highest BCUT2D eigenvalue weighted by Crippen LogP contribution is 2.07. The van der Waals surface area contributed by atoms with E-state index in [1.165, 1.54) is 0 Å². The van der Waals surface area contributed by atoms with Gasteiger partial charge in [-0.1, -0.05) is 13.8 Å². The fourth-order valence-corrected chi connectivity index (χ4v) is 0.973. The van der Waals surface area contributed by atoms with Crippen LogP contribution < -0.4 is 5.32 Å². The van der Waals surface area contributed by atoms with Gasteiger partial charge in [0.25, 0.3) is 0 Å². The van der Waals surface area contributed by atoms with E-state index in [1.807, 2.05) is 0 Å². The molecule has 1 atom stereocenters. The van der Waals surface area contributed by atoms with Crippen molar-refractivity contribution in [2.45, 2.75) is 13.8 Å². The van der Waals surface area contributed by atoms with E-state index in [1.54, 1.807) is 7.11 Å². The van der Waals surface area contributed by atoms with Crippen molar-refractivity contribution in [2.75, 3.05) is 33.4 Å². The second kappa shape index (κ2) is 7.53. The van der Waals surface area contributed by atoms with Gasteiger partial charge in [0.1, 0.15) is 0 Å². The minimum absolute atomic E-state index is 0.262. The lowest BCUT2D eigenvalue weighted by atomic mass is 9.97. The minimum Gasteiger partial charge on any atom is -0.396 e. The van der Waals surface area contributed by atoms with Gasteiger partial charge >= 0.3 is 0 Å². The van der Waals surface area contributed by atoms with Crippen molar-refractivity contribution in [3.8, 4) is 0 Å². The summed E-state index contributed by atoms with van der Waals surface area (Å²) >= 11 is 0. The van der Waals surface area contributed by atoms with Crippen LogP contribution in [0.15, 0.2) is 0 Å². The molecule has 0 aliphatic carbocycles. The SMILES string of the molecule is COCCNCC(CO)C(C)C. The molecule has 0 saturated carbocycles. The molecule has 0 fully saturated rings. The highest BCUT2D eigenvalue weighted by molar-refractivity contribution is 4.64. The smallest absolute Gasteiger partial charge is 0.0587 e. The molecule has 74 valence electrons. The molecule has 0 aromatic heterocycles. The van der Waals surface area contributed by atoms with Gasteiger partial charge in [0.05, 0.1) is 6.61 Å². The van der Waals surface area contributed by atoms with Crippen molar-refractivity contribution < 1.29 is 9.84 Å². The summed E-state index contributed by atoms with van der Waals surface area (Å²) in [5, 5.41) is 12.2. The maximum absolute atomic E-state index is 8.98. The van der Waals surface area contributed by atoms with Crippen LogP contribution in [0.2, 0.25) is 0 Å². The molecule has 0 aromatic rings. The number of hydrogen-bond acceptors (Lipinski definition) is 3. The Hall–Kier alpha value is -0.120. The van der Waals surface area contributed by atoms with E-state index in [2.05, 4.69) is 19.2 Å². The van der Waals surface area contributed by atoms with Crippen molar-refractivity contribution in [2.24, 2.45) is 11.8 Å². The van der Waals surface area contributed by atoms with Gasteiger partial charge in [-0.15, -0.1) is 0 Å². The van der Waals surface area contributed by atoms with Gasteiger partial charge in [0.2, 0.25) is 0 Å². The van der Waals surface area contributed by atoms with Gasteiger partial charge in [-0.05, 0) is 11.8 Å². The second-order valence-corrected chi connectivity index (χ2v) is 3.38. The maximum Gasteiger partial charge on any atom is 0.0587 e. The molecule has 2 N–H and O–H groups in total. The van der Waals surface area contributed by atoms with Gasteiger partial charge in [-0.25, -0.2) is 0 Å². The highest BCUT2D eigenvalue weighted by atomic mass is 16.5. The lowest BCUT2D eigenvalue weighted by molar-refractivity contribution is 0.172. The maximum atomic E-state index is 8.98. The Morgan fingerprint density at radius 1 is 1.42 bits per heavy atom. The second-order valence-electron chi connectivity index (χ2n) is 3.38. The van der Waals surface area contributed by atoms with Gasteiger partial charge in [-0.3, -0.25) is 0 Å². The number of hydrogen-bond donors (Lipinski definition) is 2. The summed E-state index contributed by atoms with van der Waals surface area (Å²) in [6.45, 7) is 6.98. The fourth-order valence-electron chi connectivity index (χ4n) is 0.973. The summed E-state index contributed by atoms with van der Waals surface area (Å²) in [5.41, 5.74) is 0. The highest BCUT2D eigenvalue weighted by Gasteiger charge is 2.10. The molecular formula is C9H21NO2. The van der Waals surface area contributed by atoms with Crippen LogP contribution in [0.1, 0.15) is 13.8 Å². The average molecular weight is 175 g/mol. The molecule has 12 heavy (non-hydrogen) atoms. The zero-order valence-corrected chi connectivity index (χ0v) is 8.34. The number of ether oxygens (including phenoxy) is 1. The predicted molar refractivity (Wildman–Crippen MR) is 50.2 cm³/mol. The molecule has 0 aromatic carbocycles. The van der Waals surface area contributed by atoms with Crippen LogP contribution >= 0.6 is 0 Å². The first-order valence-corrected chi connectivity index (χ1v) is 4.52. The normalized spacial score (nSPS) is 13.8. The summed E-state index contributed by atoms with van der Waals surface area (Å²) in [7, 11) is 1.69. The predicted octanol–water partition coefficient (Wildman–Crippen LogP) is 0.487. The lowest BCUT2D eigenvalue weighted by Crippen LogP contribution is -2.30. The largest absolute Gasteiger partial charge is 0.396 e. The van der Waals surface area contributed by atoms with E-state index in [9.17, 15) is 0 Å². The number of methoxy groups -OCH3 is 1. The van der Waals surface area contributed by atoms with Crippen molar-refractivity contribution >= 4 is 0 Å². The Balaban J connectivity index is 3.32. The zero-order valence-electron chi connectivity index (χ0n) is 8.34. The Kier molecular flexibility index (Phi) is 7.45. The van der Waals surface area contributed by atoms with Crippen molar-refractivity contribution in [3.05, 3.63) is 0 Å². The van der Waals surface area contributed by atoms with E-state index < -0.39 is 0 Å². The van der Waals surface area contributed by atoms with Gasteiger partial charge < -0.3 is 15.2 Å². The molecule has 0 heterocycles. The number of nitrogens with one attached hydrogen (secondary N) is 1. The van der Waals surface area contributed by atoms with Gasteiger partial charge in [0, 0.05) is 26.8 Å². The first kappa shape index (κ1) is 11.9. The summed E-state index contributed by atoms with van der Waals surface area (Å²) in [4.78, 5) is 0. The Labute approximate surface area is 75.1 Å². The quantitative estimate of drug-likeness (QED) is 0.553. The summed E-state index contributed by atoms with van der Waals surface area (Å²) < 4.78 is 4.89. The van der Waals surface area contributed by atoms with Gasteiger partial charge in [-0.2, -0.15) is 0 Å². The van der Waals surface area contributed by atoms with Crippen LogP contribution in [0.5, 0.6) is 0 Å². The van der Waals surface area contributed by atoms with Gasteiger partial charge in [0.15, 0.2) is 0 Å². The van der Waals surface area contributed by atoms with Crippen LogP contribution in [0, 0.1) is 11.8 Å². The van der Waals surface area contributed by atoms with Crippen LogP contribution in [0.3, 0.4) is 0 Å². The summed E-state index contributed by atoms with van der Waals surface area (Å²) in [6.07, 6.45) is 0. The third-order valence-electron chi connectivity index (χ3n) is 2.07. The molecule has 0 saturated heterocycles. The molecule has 0 aliphatic rings. The first-order valence-electron chi connectivity index (χ1n) is 4.52. The summed E-state index contributed by atoms with van der Waals surface area (Å²) in [5.74, 6) is 0.895. The lowest BCUT2D eigenvalue weighted by Gasteiger charge is -2.18. The van der Waals surface area contributed by atoms with Crippen molar-refractivity contribution in [1.29, 1.82) is 0 Å². The van der Waals surface area contributed by atoms with Crippen molar-refractivity contribution in [1.82, 2.24) is 5.32 Å². The zero-order chi connectivity index (χ0) is 9.40. The van der Waals surface area contributed by atoms with Crippen LogP contribution in [0.25, 0.3) is 0 Å². The van der Waals surface area contributed by atoms with E-state index >= 15 is 0 Å². The Morgan fingerprint density at radius 2 is 2.08 bits per heavy atom. The first-order chi connectivity index (χ1) is 5.72. The van der Waals surface area contributed by atoms with Crippen LogP contribution in [-0.4, -0.2) is 38.5 Å². The van der Waals surface area contributed by atoms with E-state index in [4.69, 9.17) is 9.84 Å². The number of aliphatic hydroxyl groups is 1. The van der Waals surface area contributed by atoms with Crippen LogP contribution in [0.4, 0.5) is 0 Å². The fraction of sp³-hybridized carbons (Fsp3) is 1.00. The monoisotopic (exact) mass is 175 g/mol. The molecule has 0 radical (unpaired) electrons. The number of rotatable bonds is 7. The molecule has 0 spiro atoms. The standard InChI is InChI=1S/C9H21NO2/c1-8(2)9(7-11)6-10-4-5-12-3/h8-11H,4-7H2,1-3H3. The summed E-state index contributed by atoms with van der Waals surface area (Å²) in [6, 6.07) is 0. The molecule has 0 amide bonds.